The van der Waals surface area contributed by atoms with E-state index < -0.39 is 42.6 Å². The highest BCUT2D eigenvalue weighted by molar-refractivity contribution is 5.70. The second kappa shape index (κ2) is 9.31. The largest absolute Gasteiger partial charge is 0.463 e. The fourth-order valence-corrected chi connectivity index (χ4v) is 2.23. The molecule has 0 aromatic carbocycles. The minimum Gasteiger partial charge on any atom is -0.463 e. The van der Waals surface area contributed by atoms with Crippen molar-refractivity contribution in [3.8, 4) is 0 Å². The van der Waals surface area contributed by atoms with Crippen LogP contribution < -0.4 is 0 Å². The Labute approximate surface area is 141 Å². The maximum Gasteiger partial charge on any atom is 0.308 e. The number of hydrogen-bond donors (Lipinski definition) is 3. The maximum absolute atomic E-state index is 11.7. The molecule has 0 bridgehead atoms. The molecule has 140 valence electrons. The first kappa shape index (κ1) is 20.8. The third kappa shape index (κ3) is 6.35. The van der Waals surface area contributed by atoms with E-state index in [-0.39, 0.29) is 31.3 Å². The molecule has 3 N–H and O–H groups in total. The summed E-state index contributed by atoms with van der Waals surface area (Å²) in [6.07, 6.45) is -6.82. The van der Waals surface area contributed by atoms with Crippen LogP contribution in [0.1, 0.15) is 40.5 Å². The van der Waals surface area contributed by atoms with Crippen LogP contribution in [0, 0.1) is 11.8 Å². The number of aliphatic hydroxyl groups excluding tert-OH is 3. The topological polar surface area (TPSA) is 123 Å². The van der Waals surface area contributed by atoms with Crippen molar-refractivity contribution in [1.82, 2.24) is 0 Å². The zero-order valence-corrected chi connectivity index (χ0v) is 14.5. The third-order valence-corrected chi connectivity index (χ3v) is 3.47. The van der Waals surface area contributed by atoms with Crippen LogP contribution in [0.3, 0.4) is 0 Å². The molecule has 1 fully saturated rings. The highest BCUT2D eigenvalue weighted by Gasteiger charge is 2.46. The van der Waals surface area contributed by atoms with E-state index in [2.05, 4.69) is 0 Å². The molecule has 0 amide bonds. The van der Waals surface area contributed by atoms with E-state index in [1.807, 2.05) is 27.7 Å². The van der Waals surface area contributed by atoms with Crippen LogP contribution in [0.5, 0.6) is 0 Å². The average Bonchev–Trinajstić information content (AvgIpc) is 2.45. The van der Waals surface area contributed by atoms with E-state index in [0.29, 0.717) is 0 Å². The van der Waals surface area contributed by atoms with Crippen molar-refractivity contribution in [3.63, 3.8) is 0 Å². The Bertz CT molecular complexity index is 420. The highest BCUT2D eigenvalue weighted by Crippen LogP contribution is 2.23. The number of ether oxygens (including phenoxy) is 3. The molecule has 0 aromatic rings. The van der Waals surface area contributed by atoms with Crippen molar-refractivity contribution in [2.45, 2.75) is 71.2 Å². The second-order valence-corrected chi connectivity index (χ2v) is 6.88. The van der Waals surface area contributed by atoms with Gasteiger partial charge in [0.25, 0.3) is 0 Å². The van der Waals surface area contributed by atoms with E-state index in [9.17, 15) is 24.9 Å². The molecule has 24 heavy (non-hydrogen) atoms. The standard InChI is InChI=1S/C16H28O8/c1-8(2)5-11(17)22-7-10-13(19)14(20)15(21)16(23-10)24-12(18)6-9(3)4/h8-10,13-16,19-21H,5-7H2,1-4H3. The first-order chi connectivity index (χ1) is 11.1. The van der Waals surface area contributed by atoms with Crippen molar-refractivity contribution < 1.29 is 39.1 Å². The molecule has 0 aliphatic carbocycles. The van der Waals surface area contributed by atoms with Gasteiger partial charge in [0.05, 0.1) is 0 Å². The summed E-state index contributed by atoms with van der Waals surface area (Å²) in [5.41, 5.74) is 0. The molecule has 5 atom stereocenters. The molecule has 0 saturated carbocycles. The number of hydrogen-bond acceptors (Lipinski definition) is 8. The Hall–Kier alpha value is -1.22. The number of carbonyl (C=O) groups is 2. The van der Waals surface area contributed by atoms with Crippen LogP contribution in [-0.4, -0.2) is 64.6 Å². The lowest BCUT2D eigenvalue weighted by Gasteiger charge is -2.39. The van der Waals surface area contributed by atoms with Crippen LogP contribution in [0.2, 0.25) is 0 Å². The minimum atomic E-state index is -1.58. The number of aliphatic hydroxyl groups is 3. The lowest BCUT2D eigenvalue weighted by molar-refractivity contribution is -0.293. The fourth-order valence-electron chi connectivity index (χ4n) is 2.23. The molecule has 1 rings (SSSR count). The summed E-state index contributed by atoms with van der Waals surface area (Å²) in [5.74, 6) is -0.878. The summed E-state index contributed by atoms with van der Waals surface area (Å²) in [5, 5.41) is 29.7. The smallest absolute Gasteiger partial charge is 0.308 e. The molecule has 8 nitrogen and oxygen atoms in total. The number of esters is 2. The molecular formula is C16H28O8. The van der Waals surface area contributed by atoms with E-state index in [0.717, 1.165) is 0 Å². The van der Waals surface area contributed by atoms with Gasteiger partial charge in [0.1, 0.15) is 31.0 Å². The Balaban J connectivity index is 2.62. The van der Waals surface area contributed by atoms with Crippen molar-refractivity contribution in [1.29, 1.82) is 0 Å². The Kier molecular flexibility index (Phi) is 8.08. The Morgan fingerprint density at radius 3 is 2.00 bits per heavy atom. The van der Waals surface area contributed by atoms with Gasteiger partial charge in [-0.15, -0.1) is 0 Å². The first-order valence-corrected chi connectivity index (χ1v) is 8.16. The summed E-state index contributed by atoms with van der Waals surface area (Å²) in [4.78, 5) is 23.3. The average molecular weight is 348 g/mol. The van der Waals surface area contributed by atoms with E-state index >= 15 is 0 Å². The van der Waals surface area contributed by atoms with Crippen molar-refractivity contribution in [3.05, 3.63) is 0 Å². The lowest BCUT2D eigenvalue weighted by Crippen LogP contribution is -2.59. The molecule has 1 aliphatic heterocycles. The van der Waals surface area contributed by atoms with E-state index in [1.54, 1.807) is 0 Å². The van der Waals surface area contributed by atoms with Gasteiger partial charge in [-0.1, -0.05) is 27.7 Å². The number of carbonyl (C=O) groups excluding carboxylic acids is 2. The van der Waals surface area contributed by atoms with E-state index in [4.69, 9.17) is 14.2 Å². The molecule has 1 saturated heterocycles. The van der Waals surface area contributed by atoms with Gasteiger partial charge >= 0.3 is 11.9 Å². The zero-order chi connectivity index (χ0) is 18.4. The van der Waals surface area contributed by atoms with Crippen LogP contribution in [-0.2, 0) is 23.8 Å². The maximum atomic E-state index is 11.7. The summed E-state index contributed by atoms with van der Waals surface area (Å²) in [6.45, 7) is 7.06. The minimum absolute atomic E-state index is 0.0570. The van der Waals surface area contributed by atoms with Gasteiger partial charge in [0, 0.05) is 12.8 Å². The highest BCUT2D eigenvalue weighted by atomic mass is 16.7. The second-order valence-electron chi connectivity index (χ2n) is 6.88. The molecule has 1 heterocycles. The summed E-state index contributed by atoms with van der Waals surface area (Å²) in [6, 6.07) is 0. The fraction of sp³-hybridized carbons (Fsp3) is 0.875. The summed E-state index contributed by atoms with van der Waals surface area (Å²) >= 11 is 0. The van der Waals surface area contributed by atoms with Gasteiger partial charge < -0.3 is 29.5 Å². The molecule has 5 unspecified atom stereocenters. The SMILES string of the molecule is CC(C)CC(=O)OCC1OC(OC(=O)CC(C)C)C(O)C(O)C1O. The molecule has 1 aliphatic rings. The van der Waals surface area contributed by atoms with Crippen LogP contribution in [0.25, 0.3) is 0 Å². The van der Waals surface area contributed by atoms with E-state index in [1.165, 1.54) is 0 Å². The van der Waals surface area contributed by atoms with Crippen molar-refractivity contribution in [2.75, 3.05) is 6.61 Å². The van der Waals surface area contributed by atoms with Gasteiger partial charge in [0.15, 0.2) is 0 Å². The predicted molar refractivity (Wildman–Crippen MR) is 82.6 cm³/mol. The number of rotatable bonds is 7. The monoisotopic (exact) mass is 348 g/mol. The van der Waals surface area contributed by atoms with Crippen molar-refractivity contribution in [2.24, 2.45) is 11.8 Å². The summed E-state index contributed by atoms with van der Waals surface area (Å²) < 4.78 is 15.3. The third-order valence-electron chi connectivity index (χ3n) is 3.47. The van der Waals surface area contributed by atoms with Crippen LogP contribution >= 0.6 is 0 Å². The Morgan fingerprint density at radius 1 is 0.917 bits per heavy atom. The Morgan fingerprint density at radius 2 is 1.46 bits per heavy atom. The van der Waals surface area contributed by atoms with Crippen LogP contribution in [0.15, 0.2) is 0 Å². The predicted octanol–water partition coefficient (Wildman–Crippen LogP) is -0.0274. The molecule has 0 spiro atoms. The quantitative estimate of drug-likeness (QED) is 0.548. The molecule has 8 heteroatoms. The first-order valence-electron chi connectivity index (χ1n) is 8.16. The van der Waals surface area contributed by atoms with Crippen molar-refractivity contribution >= 4 is 11.9 Å². The van der Waals surface area contributed by atoms with Gasteiger partial charge in [-0.25, -0.2) is 0 Å². The van der Waals surface area contributed by atoms with Gasteiger partial charge in [0.2, 0.25) is 6.29 Å². The molecular weight excluding hydrogens is 320 g/mol. The lowest BCUT2D eigenvalue weighted by atomic mass is 9.99. The van der Waals surface area contributed by atoms with Gasteiger partial charge in [-0.3, -0.25) is 9.59 Å². The summed E-state index contributed by atoms with van der Waals surface area (Å²) in [7, 11) is 0. The zero-order valence-electron chi connectivity index (χ0n) is 14.5. The van der Waals surface area contributed by atoms with Gasteiger partial charge in [-0.2, -0.15) is 0 Å². The normalized spacial score (nSPS) is 30.5. The van der Waals surface area contributed by atoms with Gasteiger partial charge in [-0.05, 0) is 11.8 Å². The molecule has 0 radical (unpaired) electrons. The van der Waals surface area contributed by atoms with Crippen LogP contribution in [0.4, 0.5) is 0 Å². The molecule has 0 aromatic heterocycles.